The average Bonchev–Trinajstić information content (AvgIpc) is 1.62. The Labute approximate surface area is 665 Å². The predicted octanol–water partition coefficient (Wildman–Crippen LogP) is -3.58. The van der Waals surface area contributed by atoms with Crippen LogP contribution in [0, 0.1) is 20.8 Å². The van der Waals surface area contributed by atoms with Crippen LogP contribution in [0.1, 0.15) is 92.6 Å². The Hall–Kier alpha value is -8.75. The lowest BCUT2D eigenvalue weighted by atomic mass is 10.2. The molecule has 14 heterocycles. The molecule has 0 aliphatic carbocycles. The number of anilines is 3. The van der Waals surface area contributed by atoms with Crippen LogP contribution in [-0.2, 0) is 96.5 Å². The smallest absolute Gasteiger partial charge is 0.394 e. The molecule has 56 nitrogen and oxygen atoms in total. The van der Waals surface area contributed by atoms with Gasteiger partial charge in [-0.15, -0.1) is 0 Å². The Morgan fingerprint density at radius 1 is 0.408 bits per heavy atom. The van der Waals surface area contributed by atoms with Crippen LogP contribution in [-0.4, -0.2) is 225 Å². The number of rotatable bonds is 32. The van der Waals surface area contributed by atoms with Gasteiger partial charge in [-0.2, -0.15) is 15.0 Å². The van der Waals surface area contributed by atoms with Gasteiger partial charge in [0.25, 0.3) is 27.8 Å². The fourth-order valence-electron chi connectivity index (χ4n) is 13.9. The standard InChI is InChI=1S/C59H76N19O37P5/c1-23-12-74(57(87)70-49(23)81)39-6-26(80)33(106-39)16-100-116(90,91)114-30-10-43(77-21-63-45-47(77)66-54(61)68-52(45)84)109-36(30)19-104-119(96,97)113-29-9-42(76-14-25(3)51(83)72-59(76)89)108-35(29)18-102-120(98,99)115-31-11-44(78-22-64-46-48(78)67-55(62)69-53(46)85)110-37(31)20-103-118(94,95)112-28-8-40(73-5-4-38(60)65-56(73)86)107-34(28)17-101-117(92,93)111-27-7-41(105-32(27)15-79)75-13-24(2)50(82)71-58(75)88/h4-5,12-14,21-22,26-37,39-44,79-80H,6-11,15-20H2,1-3H3,(H,90,91)(H,92,93)(H,94,95)(H,96,97)(H,98,99)(H2,60,65,86)(H,70,81,87)(H,71,82,88)(H,72,83,89)(H3,61,66,68,84)(H3,62,67,69,85)/t26-,27-,28-,29-,30-,31-,32+,33+,34+,35+,36+,37+,39+,40+,41+,42+,43+,44+/m0/s1. The molecule has 18 N–H and O–H groups in total. The fraction of sp³-hybridized carbons (Fsp3) is 0.559. The number of aromatic amines is 5. The van der Waals surface area contributed by atoms with Crippen LogP contribution >= 0.6 is 39.1 Å². The largest absolute Gasteiger partial charge is 0.472 e. The van der Waals surface area contributed by atoms with E-state index in [2.05, 4.69) is 49.8 Å². The Bertz CT molecular complexity index is 6070. The Morgan fingerprint density at radius 2 is 0.700 bits per heavy atom. The summed E-state index contributed by atoms with van der Waals surface area (Å²) in [5.41, 5.74) is 8.86. The van der Waals surface area contributed by atoms with Crippen LogP contribution in [0.25, 0.3) is 22.3 Å². The number of nitrogens with two attached hydrogens (primary N) is 3. The summed E-state index contributed by atoms with van der Waals surface area (Å²) in [7, 11) is -27.6. The van der Waals surface area contributed by atoms with E-state index in [-0.39, 0.29) is 63.6 Å². The monoisotopic (exact) mass is 1800 g/mol. The molecule has 14 rings (SSSR count). The van der Waals surface area contributed by atoms with Crippen molar-refractivity contribution in [1.29, 1.82) is 0 Å². The molecule has 120 heavy (non-hydrogen) atoms. The van der Waals surface area contributed by atoms with Gasteiger partial charge in [0.05, 0.1) is 58.4 Å². The van der Waals surface area contributed by atoms with Gasteiger partial charge >= 0.3 is 61.9 Å². The molecule has 8 aromatic rings. The number of ether oxygens (including phenoxy) is 6. The van der Waals surface area contributed by atoms with Crippen molar-refractivity contribution in [3.63, 3.8) is 0 Å². The van der Waals surface area contributed by atoms with Gasteiger partial charge in [0.2, 0.25) is 11.9 Å². The molecule has 6 aliphatic rings. The van der Waals surface area contributed by atoms with E-state index in [0.717, 1.165) is 58.6 Å². The van der Waals surface area contributed by atoms with E-state index >= 15 is 0 Å². The highest BCUT2D eigenvalue weighted by Crippen LogP contribution is 2.56. The summed E-state index contributed by atoms with van der Waals surface area (Å²) >= 11 is 0. The zero-order valence-electron chi connectivity index (χ0n) is 62.2. The van der Waals surface area contributed by atoms with E-state index in [4.69, 9.17) is 90.9 Å². The number of hydrogen-bond donors (Lipinski definition) is 15. The fourth-order valence-corrected chi connectivity index (χ4v) is 18.7. The van der Waals surface area contributed by atoms with Gasteiger partial charge in [-0.3, -0.25) is 122 Å². The summed E-state index contributed by atoms with van der Waals surface area (Å²) in [6, 6.07) is 1.19. The van der Waals surface area contributed by atoms with E-state index in [1.807, 2.05) is 0 Å². The molecule has 0 radical (unpaired) electrons. The summed E-state index contributed by atoms with van der Waals surface area (Å²) < 4.78 is 167. The Kier molecular flexibility index (Phi) is 25.2. The SMILES string of the molecule is Cc1cn([C@H]2C[C@H](OP(=O)(O)OC[C@H]3O[C@@H](n4ccc(N)nc4=O)C[C@@H]3OP(=O)(O)OC[C@H]3O[C@@H](n4cnc5c(=O)[nH]c(N)nc54)C[C@@H]3OP(=O)(O)OC[C@H]3O[C@@H](n4cc(C)c(=O)[nH]c4=O)C[C@@H]3OP(=O)(O)OC[C@H]3O[C@@H](n4cnc5c(=O)[nH]c(N)nc54)C[C@@H]3OP(=O)(O)OC[C@H]3O[C@@H](n4cc(C)c(=O)[nH]c4=O)C[C@@H]3O)[C@@H](CO)O2)c(=O)[nH]c1=O. The number of aliphatic hydroxyl groups excluding tert-OH is 2. The molecule has 654 valence electrons. The first-order chi connectivity index (χ1) is 56.5. The molecule has 0 spiro atoms. The molecule has 6 aliphatic heterocycles. The van der Waals surface area contributed by atoms with E-state index < -0.39 is 272 Å². The summed E-state index contributed by atoms with van der Waals surface area (Å²) in [5.74, 6) is -1.01. The highest BCUT2D eigenvalue weighted by molar-refractivity contribution is 7.48. The number of aryl methyl sites for hydroxylation is 3. The number of nitrogens with one attached hydrogen (secondary N) is 5. The predicted molar refractivity (Wildman–Crippen MR) is 394 cm³/mol. The molecule has 5 unspecified atom stereocenters. The van der Waals surface area contributed by atoms with Gasteiger partial charge in [-0.25, -0.2) is 52.0 Å². The number of aliphatic hydroxyl groups is 2. The molecule has 8 aromatic heterocycles. The second-order valence-corrected chi connectivity index (χ2v) is 35.0. The summed E-state index contributed by atoms with van der Waals surface area (Å²) in [6.45, 7) is -2.05. The van der Waals surface area contributed by atoms with Crippen LogP contribution < -0.4 is 67.8 Å². The average molecular weight is 1800 g/mol. The van der Waals surface area contributed by atoms with Crippen molar-refractivity contribution < 1.29 is 131 Å². The van der Waals surface area contributed by atoms with E-state index in [1.165, 1.54) is 33.0 Å². The highest BCUT2D eigenvalue weighted by atomic mass is 31.2. The second kappa shape index (κ2) is 34.5. The summed E-state index contributed by atoms with van der Waals surface area (Å²) in [5, 5.41) is 21.0. The Morgan fingerprint density at radius 3 is 1.03 bits per heavy atom. The van der Waals surface area contributed by atoms with Crippen molar-refractivity contribution >= 4 is 79.2 Å². The number of phosphoric ester groups is 5. The number of phosphoric acid groups is 5. The van der Waals surface area contributed by atoms with E-state index in [1.54, 1.807) is 0 Å². The van der Waals surface area contributed by atoms with E-state index in [0.29, 0.717) is 0 Å². The number of H-pyrrole nitrogens is 5. The van der Waals surface area contributed by atoms with Gasteiger partial charge in [0.1, 0.15) is 110 Å². The van der Waals surface area contributed by atoms with Crippen molar-refractivity contribution in [3.8, 4) is 0 Å². The molecule has 0 aromatic carbocycles. The van der Waals surface area contributed by atoms with E-state index in [9.17, 15) is 101 Å². The molecule has 0 bridgehead atoms. The van der Waals surface area contributed by atoms with Crippen LogP contribution in [0.2, 0.25) is 0 Å². The van der Waals surface area contributed by atoms with Gasteiger partial charge in [-0.05, 0) is 26.8 Å². The Balaban J connectivity index is 0.671. The minimum atomic E-state index is -5.69. The summed E-state index contributed by atoms with van der Waals surface area (Å²) in [4.78, 5) is 202. The van der Waals surface area contributed by atoms with Gasteiger partial charge in [0.15, 0.2) is 22.3 Å². The zero-order valence-corrected chi connectivity index (χ0v) is 66.7. The lowest BCUT2D eigenvalue weighted by Crippen LogP contribution is -2.33. The lowest BCUT2D eigenvalue weighted by molar-refractivity contribution is -0.0649. The number of nitrogens with zero attached hydrogens (tertiary/aromatic N) is 11. The first kappa shape index (κ1) is 87.6. The third kappa shape index (κ3) is 19.6. The minimum absolute atomic E-state index is 0.0581. The van der Waals surface area contributed by atoms with Gasteiger partial charge in [0, 0.05) is 80.0 Å². The topological polar surface area (TPSA) is 779 Å². The number of hydrogen-bond acceptors (Lipinski definition) is 40. The van der Waals surface area contributed by atoms with Gasteiger partial charge in [-0.1, -0.05) is 0 Å². The molecular formula is C59H76N19O37P5. The number of aromatic nitrogens is 16. The number of imidazole rings is 2. The van der Waals surface area contributed by atoms with Crippen LogP contribution in [0.3, 0.4) is 0 Å². The normalized spacial score (nSPS) is 29.6. The van der Waals surface area contributed by atoms with Crippen LogP contribution in [0.4, 0.5) is 17.7 Å². The molecule has 6 fully saturated rings. The van der Waals surface area contributed by atoms with Crippen LogP contribution in [0.15, 0.2) is 86.7 Å². The highest BCUT2D eigenvalue weighted by Gasteiger charge is 2.52. The zero-order chi connectivity index (χ0) is 86.1. The number of fused-ring (bicyclic) bond motifs is 2. The molecule has 0 amide bonds. The number of nitrogen functional groups attached to an aromatic ring is 3. The molecule has 0 saturated carbocycles. The van der Waals surface area contributed by atoms with Gasteiger partial charge < -0.3 is 80.3 Å². The minimum Gasteiger partial charge on any atom is -0.394 e. The maximum absolute atomic E-state index is 14.5. The van der Waals surface area contributed by atoms with Crippen molar-refractivity contribution in [2.45, 2.75) is 170 Å². The molecule has 61 heteroatoms. The third-order valence-corrected chi connectivity index (χ3v) is 24.8. The van der Waals surface area contributed by atoms with Crippen molar-refractivity contribution in [2.75, 3.05) is 56.8 Å². The molecular weight excluding hydrogens is 1720 g/mol. The van der Waals surface area contributed by atoms with Crippen molar-refractivity contribution in [2.24, 2.45) is 0 Å². The maximum atomic E-state index is 14.5. The van der Waals surface area contributed by atoms with Crippen molar-refractivity contribution in [3.05, 3.63) is 154 Å². The second-order valence-electron chi connectivity index (χ2n) is 28.0. The van der Waals surface area contributed by atoms with Crippen LogP contribution in [0.5, 0.6) is 0 Å². The third-order valence-electron chi connectivity index (χ3n) is 19.7. The lowest BCUT2D eigenvalue weighted by Gasteiger charge is -2.26. The first-order valence-corrected chi connectivity index (χ1v) is 43.3. The van der Waals surface area contributed by atoms with Crippen molar-refractivity contribution in [1.82, 2.24) is 77.2 Å². The summed E-state index contributed by atoms with van der Waals surface area (Å²) in [6.07, 6.45) is -24.3. The first-order valence-electron chi connectivity index (χ1n) is 35.8. The quantitative estimate of drug-likeness (QED) is 0.0181. The maximum Gasteiger partial charge on any atom is 0.472 e. The molecule has 6 saturated heterocycles. The molecule has 23 atom stereocenters.